The Morgan fingerprint density at radius 3 is 2.86 bits per heavy atom. The van der Waals surface area contributed by atoms with E-state index >= 15 is 0 Å². The number of carboxylic acid groups (broad SMARTS) is 1. The summed E-state index contributed by atoms with van der Waals surface area (Å²) >= 11 is 1.28. The fraction of sp³-hybridized carbons (Fsp3) is 0.467. The van der Waals surface area contributed by atoms with Crippen LogP contribution < -0.4 is 5.32 Å². The fourth-order valence-electron chi connectivity index (χ4n) is 2.08. The molecule has 0 aromatic carbocycles. The summed E-state index contributed by atoms with van der Waals surface area (Å²) in [6, 6.07) is 3.47. The Morgan fingerprint density at radius 1 is 1.48 bits per heavy atom. The smallest absolute Gasteiger partial charge is 0.328 e. The molecule has 2 rings (SSSR count). The molecular formula is C15H19NO4S. The van der Waals surface area contributed by atoms with E-state index in [9.17, 15) is 9.59 Å². The summed E-state index contributed by atoms with van der Waals surface area (Å²) in [4.78, 5) is 23.9. The molecule has 6 heteroatoms. The van der Waals surface area contributed by atoms with E-state index in [1.165, 1.54) is 17.4 Å². The summed E-state index contributed by atoms with van der Waals surface area (Å²) in [7, 11) is 1.69. The highest BCUT2D eigenvalue weighted by Gasteiger charge is 2.42. The van der Waals surface area contributed by atoms with Gasteiger partial charge < -0.3 is 15.2 Å². The third kappa shape index (κ3) is 4.68. The lowest BCUT2D eigenvalue weighted by molar-refractivity contribution is -0.131. The summed E-state index contributed by atoms with van der Waals surface area (Å²) < 4.78 is 5.09. The first-order chi connectivity index (χ1) is 10.0. The second kappa shape index (κ2) is 6.87. The average molecular weight is 309 g/mol. The Balaban J connectivity index is 1.85. The van der Waals surface area contributed by atoms with E-state index in [1.807, 2.05) is 0 Å². The van der Waals surface area contributed by atoms with Crippen molar-refractivity contribution >= 4 is 29.3 Å². The third-order valence-electron chi connectivity index (χ3n) is 3.66. The first-order valence-corrected chi connectivity index (χ1v) is 7.64. The number of hydrogen-bond acceptors (Lipinski definition) is 4. The predicted molar refractivity (Wildman–Crippen MR) is 81.5 cm³/mol. The van der Waals surface area contributed by atoms with Crippen molar-refractivity contribution in [2.75, 3.05) is 20.3 Å². The molecule has 21 heavy (non-hydrogen) atoms. The molecule has 1 saturated carbocycles. The number of carbonyl (C=O) groups excluding carboxylic acids is 1. The summed E-state index contributed by atoms with van der Waals surface area (Å²) in [6.07, 6.45) is 5.80. The number of carbonyl (C=O) groups is 2. The highest BCUT2D eigenvalue weighted by atomic mass is 32.1. The quantitative estimate of drug-likeness (QED) is 0.723. The van der Waals surface area contributed by atoms with Crippen LogP contribution in [0.25, 0.3) is 6.08 Å². The normalized spacial score (nSPS) is 16.0. The van der Waals surface area contributed by atoms with Gasteiger partial charge in [0, 0.05) is 31.2 Å². The number of nitrogens with one attached hydrogen (secondary N) is 1. The average Bonchev–Trinajstić information content (AvgIpc) is 3.07. The molecular weight excluding hydrogens is 290 g/mol. The predicted octanol–water partition coefficient (Wildman–Crippen LogP) is 2.39. The Hall–Kier alpha value is -1.66. The summed E-state index contributed by atoms with van der Waals surface area (Å²) in [5.41, 5.74) is 0.217. The van der Waals surface area contributed by atoms with Crippen LogP contribution in [0.15, 0.2) is 18.2 Å². The molecule has 0 aliphatic heterocycles. The van der Waals surface area contributed by atoms with E-state index < -0.39 is 5.97 Å². The van der Waals surface area contributed by atoms with Crippen molar-refractivity contribution in [3.8, 4) is 0 Å². The molecule has 114 valence electrons. The van der Waals surface area contributed by atoms with Crippen LogP contribution in [0.5, 0.6) is 0 Å². The van der Waals surface area contributed by atoms with Crippen LogP contribution >= 0.6 is 11.3 Å². The number of ether oxygens (including phenoxy) is 1. The van der Waals surface area contributed by atoms with Gasteiger partial charge in [0.2, 0.25) is 0 Å². The van der Waals surface area contributed by atoms with Gasteiger partial charge in [0.15, 0.2) is 0 Å². The van der Waals surface area contributed by atoms with Gasteiger partial charge in [-0.05, 0) is 42.9 Å². The van der Waals surface area contributed by atoms with Gasteiger partial charge in [0.25, 0.3) is 5.91 Å². The number of amides is 1. The van der Waals surface area contributed by atoms with Crippen LogP contribution in [0.4, 0.5) is 0 Å². The van der Waals surface area contributed by atoms with Gasteiger partial charge in [-0.3, -0.25) is 4.79 Å². The van der Waals surface area contributed by atoms with Crippen LogP contribution in [0.1, 0.15) is 33.8 Å². The second-order valence-electron chi connectivity index (χ2n) is 5.30. The molecule has 0 radical (unpaired) electrons. The van der Waals surface area contributed by atoms with Gasteiger partial charge in [0.05, 0.1) is 4.88 Å². The third-order valence-corrected chi connectivity index (χ3v) is 4.71. The van der Waals surface area contributed by atoms with Crippen molar-refractivity contribution in [2.24, 2.45) is 5.41 Å². The zero-order chi connectivity index (χ0) is 15.3. The van der Waals surface area contributed by atoms with Crippen LogP contribution in [0.2, 0.25) is 0 Å². The summed E-state index contributed by atoms with van der Waals surface area (Å²) in [5, 5.41) is 11.5. The minimum atomic E-state index is -0.997. The molecule has 1 aromatic heterocycles. The molecule has 0 saturated heterocycles. The molecule has 1 aliphatic carbocycles. The summed E-state index contributed by atoms with van der Waals surface area (Å²) in [5.74, 6) is -1.10. The molecule has 0 unspecified atom stereocenters. The molecule has 0 spiro atoms. The number of methoxy groups -OCH3 is 1. The van der Waals surface area contributed by atoms with Crippen LogP contribution in [0.3, 0.4) is 0 Å². The molecule has 2 N–H and O–H groups in total. The molecule has 1 aromatic rings. The zero-order valence-electron chi connectivity index (χ0n) is 11.9. The molecule has 1 heterocycles. The van der Waals surface area contributed by atoms with Gasteiger partial charge in [-0.1, -0.05) is 0 Å². The van der Waals surface area contributed by atoms with Crippen LogP contribution in [-0.4, -0.2) is 37.2 Å². The maximum atomic E-state index is 12.1. The second-order valence-corrected chi connectivity index (χ2v) is 6.41. The van der Waals surface area contributed by atoms with Crippen LogP contribution in [0, 0.1) is 5.41 Å². The van der Waals surface area contributed by atoms with E-state index in [4.69, 9.17) is 9.84 Å². The highest BCUT2D eigenvalue weighted by molar-refractivity contribution is 7.14. The lowest BCUT2D eigenvalue weighted by atomic mass is 10.0. The zero-order valence-corrected chi connectivity index (χ0v) is 12.7. The van der Waals surface area contributed by atoms with Crippen molar-refractivity contribution in [3.05, 3.63) is 28.0 Å². The largest absolute Gasteiger partial charge is 0.478 e. The standard InChI is InChI=1S/C15H19NO4S/c1-20-9-8-15(6-7-15)10-16-14(19)12-4-2-11(21-12)3-5-13(17)18/h2-5H,6-10H2,1H3,(H,16,19)(H,17,18)/b5-3+. The van der Waals surface area contributed by atoms with Crippen molar-refractivity contribution in [1.82, 2.24) is 5.32 Å². The Labute approximate surface area is 127 Å². The highest BCUT2D eigenvalue weighted by Crippen LogP contribution is 2.48. The van der Waals surface area contributed by atoms with Crippen molar-refractivity contribution in [1.29, 1.82) is 0 Å². The Morgan fingerprint density at radius 2 is 2.24 bits per heavy atom. The first kappa shape index (κ1) is 15.7. The monoisotopic (exact) mass is 309 g/mol. The van der Waals surface area contributed by atoms with E-state index in [0.29, 0.717) is 11.4 Å². The lowest BCUT2D eigenvalue weighted by Gasteiger charge is -2.14. The van der Waals surface area contributed by atoms with E-state index in [2.05, 4.69) is 5.32 Å². The summed E-state index contributed by atoms with van der Waals surface area (Å²) in [6.45, 7) is 1.40. The molecule has 5 nitrogen and oxygen atoms in total. The van der Waals surface area contributed by atoms with Gasteiger partial charge in [-0.2, -0.15) is 0 Å². The molecule has 1 fully saturated rings. The molecule has 0 atom stereocenters. The van der Waals surface area contributed by atoms with Gasteiger partial charge in [-0.15, -0.1) is 11.3 Å². The lowest BCUT2D eigenvalue weighted by Crippen LogP contribution is -2.30. The maximum Gasteiger partial charge on any atom is 0.328 e. The van der Waals surface area contributed by atoms with Crippen molar-refractivity contribution in [3.63, 3.8) is 0 Å². The fourth-order valence-corrected chi connectivity index (χ4v) is 2.91. The number of hydrogen-bond donors (Lipinski definition) is 2. The number of thiophene rings is 1. The molecule has 1 aliphatic rings. The topological polar surface area (TPSA) is 75.6 Å². The van der Waals surface area contributed by atoms with Gasteiger partial charge >= 0.3 is 5.97 Å². The van der Waals surface area contributed by atoms with Gasteiger partial charge in [-0.25, -0.2) is 4.79 Å². The number of carboxylic acids is 1. The minimum absolute atomic E-state index is 0.0985. The van der Waals surface area contributed by atoms with E-state index in [0.717, 1.165) is 36.8 Å². The van der Waals surface area contributed by atoms with E-state index in [1.54, 1.807) is 19.2 Å². The number of aliphatic carboxylic acids is 1. The van der Waals surface area contributed by atoms with Crippen molar-refractivity contribution in [2.45, 2.75) is 19.3 Å². The first-order valence-electron chi connectivity index (χ1n) is 6.83. The molecule has 0 bridgehead atoms. The number of rotatable bonds is 8. The van der Waals surface area contributed by atoms with E-state index in [-0.39, 0.29) is 11.3 Å². The Bertz CT molecular complexity index is 546. The Kier molecular flexibility index (Phi) is 5.14. The van der Waals surface area contributed by atoms with Gasteiger partial charge in [0.1, 0.15) is 0 Å². The van der Waals surface area contributed by atoms with Crippen molar-refractivity contribution < 1.29 is 19.4 Å². The van der Waals surface area contributed by atoms with Crippen LogP contribution in [-0.2, 0) is 9.53 Å². The maximum absolute atomic E-state index is 12.1. The molecule has 1 amide bonds. The minimum Gasteiger partial charge on any atom is -0.478 e. The SMILES string of the molecule is COCCC1(CNC(=O)c2ccc(/C=C/C(=O)O)s2)CC1.